The molecule has 0 amide bonds. The summed E-state index contributed by atoms with van der Waals surface area (Å²) in [7, 11) is 0. The van der Waals surface area contributed by atoms with Crippen molar-refractivity contribution in [2.75, 3.05) is 0 Å². The van der Waals surface area contributed by atoms with Gasteiger partial charge in [0, 0.05) is 0 Å². The number of rotatable bonds is 0. The molecule has 0 N–H and O–H groups in total. The van der Waals surface area contributed by atoms with E-state index in [1.807, 2.05) is 0 Å². The van der Waals surface area contributed by atoms with Crippen molar-refractivity contribution in [2.24, 2.45) is 22.2 Å². The van der Waals surface area contributed by atoms with Gasteiger partial charge in [0.1, 0.15) is 0 Å². The fraction of sp³-hybridized carbons (Fsp3) is 0.765. The predicted molar refractivity (Wildman–Crippen MR) is 73.8 cm³/mol. The highest BCUT2D eigenvalue weighted by Crippen LogP contribution is 2.72. The molecule has 2 fully saturated rings. The molecule has 0 aromatic rings. The molecule has 0 unspecified atom stereocenters. The van der Waals surface area contributed by atoms with Crippen LogP contribution in [0, 0.1) is 22.2 Å². The fourth-order valence-electron chi connectivity index (χ4n) is 4.73. The zero-order valence-electron chi connectivity index (χ0n) is 12.3. The van der Waals surface area contributed by atoms with Crippen LogP contribution in [0.3, 0.4) is 0 Å². The van der Waals surface area contributed by atoms with Gasteiger partial charge in [-0.15, -0.1) is 0 Å². The molecule has 17 heavy (non-hydrogen) atoms. The third-order valence-corrected chi connectivity index (χ3v) is 6.18. The van der Waals surface area contributed by atoms with Crippen LogP contribution in [0.25, 0.3) is 0 Å². The Labute approximate surface area is 106 Å². The van der Waals surface area contributed by atoms with Gasteiger partial charge >= 0.3 is 0 Å². The molecule has 0 nitrogen and oxygen atoms in total. The highest BCUT2D eigenvalue weighted by molar-refractivity contribution is 5.57. The molecule has 0 aliphatic heterocycles. The molecule has 0 heteroatoms. The molecule has 2 atom stereocenters. The van der Waals surface area contributed by atoms with E-state index in [0.29, 0.717) is 16.2 Å². The van der Waals surface area contributed by atoms with Crippen LogP contribution in [0.15, 0.2) is 22.8 Å². The summed E-state index contributed by atoms with van der Waals surface area (Å²) in [5, 5.41) is 0. The molecule has 3 aliphatic rings. The first kappa shape index (κ1) is 11.6. The Morgan fingerprint density at radius 2 is 1.82 bits per heavy atom. The van der Waals surface area contributed by atoms with E-state index in [1.165, 1.54) is 19.3 Å². The lowest BCUT2D eigenvalue weighted by Gasteiger charge is -2.38. The lowest BCUT2D eigenvalue weighted by Crippen LogP contribution is -2.29. The van der Waals surface area contributed by atoms with E-state index in [2.05, 4.69) is 47.6 Å². The predicted octanol–water partition coefficient (Wildman–Crippen LogP) is 5.12. The quantitative estimate of drug-likeness (QED) is 0.542. The van der Waals surface area contributed by atoms with Gasteiger partial charge in [0.05, 0.1) is 0 Å². The lowest BCUT2D eigenvalue weighted by molar-refractivity contribution is 0.179. The zero-order valence-corrected chi connectivity index (χ0v) is 12.3. The highest BCUT2D eigenvalue weighted by Gasteiger charge is 2.62. The summed E-state index contributed by atoms with van der Waals surface area (Å²) in [6, 6.07) is 0. The second kappa shape index (κ2) is 2.90. The van der Waals surface area contributed by atoms with Crippen molar-refractivity contribution in [2.45, 2.75) is 60.8 Å². The van der Waals surface area contributed by atoms with E-state index in [1.54, 1.807) is 16.7 Å². The molecule has 0 spiro atoms. The van der Waals surface area contributed by atoms with Crippen LogP contribution < -0.4 is 0 Å². The van der Waals surface area contributed by atoms with Crippen LogP contribution in [0.1, 0.15) is 60.8 Å². The molecule has 0 aromatic carbocycles. The Hall–Kier alpha value is -0.520. The van der Waals surface area contributed by atoms with Crippen molar-refractivity contribution in [3.8, 4) is 0 Å². The normalized spacial score (nSPS) is 38.7. The molecule has 3 rings (SSSR count). The Kier molecular flexibility index (Phi) is 1.97. The van der Waals surface area contributed by atoms with Crippen LogP contribution >= 0.6 is 0 Å². The van der Waals surface area contributed by atoms with Crippen LogP contribution in [0.4, 0.5) is 0 Å². The van der Waals surface area contributed by atoms with Crippen molar-refractivity contribution in [3.05, 3.63) is 22.8 Å². The van der Waals surface area contributed by atoms with Crippen molar-refractivity contribution < 1.29 is 0 Å². The molecule has 0 radical (unpaired) electrons. The third-order valence-electron chi connectivity index (χ3n) is 6.18. The Balaban J connectivity index is 2.22. The molecule has 3 aliphatic carbocycles. The van der Waals surface area contributed by atoms with Crippen LogP contribution in [0.2, 0.25) is 0 Å². The zero-order chi connectivity index (χ0) is 12.6. The monoisotopic (exact) mass is 230 g/mol. The van der Waals surface area contributed by atoms with Gasteiger partial charge in [-0.1, -0.05) is 53.2 Å². The summed E-state index contributed by atoms with van der Waals surface area (Å²) in [4.78, 5) is 0. The average molecular weight is 230 g/mol. The highest BCUT2D eigenvalue weighted by atomic mass is 14.7. The van der Waals surface area contributed by atoms with Crippen molar-refractivity contribution >= 4 is 0 Å². The summed E-state index contributed by atoms with van der Waals surface area (Å²) >= 11 is 0. The maximum absolute atomic E-state index is 2.55. The van der Waals surface area contributed by atoms with Crippen molar-refractivity contribution in [3.63, 3.8) is 0 Å². The summed E-state index contributed by atoms with van der Waals surface area (Å²) in [5.74, 6) is 0.836. The summed E-state index contributed by atoms with van der Waals surface area (Å²) in [6.07, 6.45) is 6.58. The Morgan fingerprint density at radius 1 is 1.18 bits per heavy atom. The van der Waals surface area contributed by atoms with Gasteiger partial charge in [0.15, 0.2) is 0 Å². The number of allylic oxidation sites excluding steroid dienone is 4. The van der Waals surface area contributed by atoms with E-state index in [-0.39, 0.29) is 0 Å². The Bertz CT molecular complexity index is 439. The molecule has 2 saturated carbocycles. The van der Waals surface area contributed by atoms with Gasteiger partial charge < -0.3 is 0 Å². The first-order chi connectivity index (χ1) is 7.69. The largest absolute Gasteiger partial charge is 0.0766 e. The van der Waals surface area contributed by atoms with Gasteiger partial charge in [0.25, 0.3) is 0 Å². The first-order valence-electron chi connectivity index (χ1n) is 7.14. The second-order valence-electron chi connectivity index (χ2n) is 8.11. The van der Waals surface area contributed by atoms with Gasteiger partial charge in [-0.3, -0.25) is 0 Å². The van der Waals surface area contributed by atoms with E-state index >= 15 is 0 Å². The van der Waals surface area contributed by atoms with E-state index < -0.39 is 0 Å². The lowest BCUT2D eigenvalue weighted by atomic mass is 9.66. The average Bonchev–Trinajstić information content (AvgIpc) is 2.73. The number of hydrogen-bond acceptors (Lipinski definition) is 0. The van der Waals surface area contributed by atoms with E-state index in [0.717, 1.165) is 5.92 Å². The van der Waals surface area contributed by atoms with Gasteiger partial charge in [0.2, 0.25) is 0 Å². The Morgan fingerprint density at radius 3 is 2.41 bits per heavy atom. The SMILES string of the molecule is CC(C)(C)C1=C2C(=CC1)[C@H]1CC[C@]2(C)C1(C)C. The van der Waals surface area contributed by atoms with Gasteiger partial charge in [-0.2, -0.15) is 0 Å². The molecular formula is C17H26. The van der Waals surface area contributed by atoms with Crippen LogP contribution in [-0.2, 0) is 0 Å². The minimum absolute atomic E-state index is 0.344. The molecule has 2 bridgehead atoms. The van der Waals surface area contributed by atoms with Crippen LogP contribution in [-0.4, -0.2) is 0 Å². The minimum atomic E-state index is 0.344. The van der Waals surface area contributed by atoms with E-state index in [9.17, 15) is 0 Å². The minimum Gasteiger partial charge on any atom is -0.0766 e. The molecular weight excluding hydrogens is 204 g/mol. The molecule has 0 saturated heterocycles. The third kappa shape index (κ3) is 1.15. The van der Waals surface area contributed by atoms with Gasteiger partial charge in [-0.05, 0) is 52.6 Å². The van der Waals surface area contributed by atoms with Crippen molar-refractivity contribution in [1.82, 2.24) is 0 Å². The summed E-state index contributed by atoms with van der Waals surface area (Å²) in [6.45, 7) is 14.7. The maximum atomic E-state index is 2.55. The fourth-order valence-corrected chi connectivity index (χ4v) is 4.73. The van der Waals surface area contributed by atoms with Gasteiger partial charge in [-0.25, -0.2) is 0 Å². The summed E-state index contributed by atoms with van der Waals surface area (Å²) < 4.78 is 0. The summed E-state index contributed by atoms with van der Waals surface area (Å²) in [5.41, 5.74) is 6.50. The molecule has 0 heterocycles. The first-order valence-corrected chi connectivity index (χ1v) is 7.14. The van der Waals surface area contributed by atoms with Crippen molar-refractivity contribution in [1.29, 1.82) is 0 Å². The molecule has 0 aromatic heterocycles. The van der Waals surface area contributed by atoms with E-state index in [4.69, 9.17) is 0 Å². The standard InChI is InChI=1S/C17H26/c1-15(2,3)13-8-7-11-12-9-10-17(6,14(11)13)16(12,4)5/h7,12H,8-10H2,1-6H3/t12-,17+/m1/s1. The maximum Gasteiger partial charge on any atom is -0.00155 e. The number of hydrogen-bond donors (Lipinski definition) is 0. The second-order valence-corrected chi connectivity index (χ2v) is 8.11. The topological polar surface area (TPSA) is 0 Å². The smallest absolute Gasteiger partial charge is 0.00155 e. The van der Waals surface area contributed by atoms with Crippen LogP contribution in [0.5, 0.6) is 0 Å². The number of fused-ring (bicyclic) bond motifs is 5. The molecule has 94 valence electrons.